The number of thioether (sulfide) groups is 1. The molecule has 0 aliphatic carbocycles. The summed E-state index contributed by atoms with van der Waals surface area (Å²) in [5.41, 5.74) is 4.04. The number of rotatable bonds is 7. The van der Waals surface area contributed by atoms with Crippen LogP contribution in [0.5, 0.6) is 5.75 Å². The van der Waals surface area contributed by atoms with Gasteiger partial charge < -0.3 is 9.30 Å². The first-order chi connectivity index (χ1) is 15.4. The van der Waals surface area contributed by atoms with Crippen LogP contribution in [0, 0.1) is 13.8 Å². The molecular weight excluding hydrogens is 469 g/mol. The second kappa shape index (κ2) is 9.36. The SMILES string of the molecule is COc1ccc(-n2nnnc2SCC(=O)c2cc(C)n(-c3ccc(Cl)c(Cl)c3)c2C)cc1. The Morgan fingerprint density at radius 2 is 1.75 bits per heavy atom. The number of nitrogens with zero attached hydrogens (tertiary/aromatic N) is 5. The topological polar surface area (TPSA) is 74.8 Å². The Hall–Kier alpha value is -2.81. The van der Waals surface area contributed by atoms with Gasteiger partial charge >= 0.3 is 0 Å². The van der Waals surface area contributed by atoms with Crippen molar-refractivity contribution < 1.29 is 9.53 Å². The van der Waals surface area contributed by atoms with E-state index >= 15 is 0 Å². The second-order valence-corrected chi connectivity index (χ2v) is 8.76. The molecule has 0 amide bonds. The smallest absolute Gasteiger partial charge is 0.214 e. The van der Waals surface area contributed by atoms with E-state index < -0.39 is 0 Å². The van der Waals surface area contributed by atoms with Crippen molar-refractivity contribution in [3.8, 4) is 17.1 Å². The molecule has 0 atom stereocenters. The highest BCUT2D eigenvalue weighted by Gasteiger charge is 2.19. The lowest BCUT2D eigenvalue weighted by atomic mass is 10.2. The molecule has 0 aliphatic heterocycles. The van der Waals surface area contributed by atoms with Gasteiger partial charge in [0.25, 0.3) is 0 Å². The van der Waals surface area contributed by atoms with Gasteiger partial charge in [0.05, 0.1) is 28.6 Å². The van der Waals surface area contributed by atoms with Crippen molar-refractivity contribution >= 4 is 40.7 Å². The summed E-state index contributed by atoms with van der Waals surface area (Å²) in [6.07, 6.45) is 0. The van der Waals surface area contributed by atoms with Crippen molar-refractivity contribution in [2.45, 2.75) is 19.0 Å². The Labute approximate surface area is 199 Å². The zero-order valence-electron chi connectivity index (χ0n) is 17.5. The summed E-state index contributed by atoms with van der Waals surface area (Å²) < 4.78 is 8.77. The number of ether oxygens (including phenoxy) is 1. The Balaban J connectivity index is 1.53. The van der Waals surface area contributed by atoms with E-state index in [1.54, 1.807) is 23.9 Å². The standard InChI is InChI=1S/C22H19Cl2N5O2S/c1-13-10-18(14(2)28(13)16-6-9-19(23)20(24)11-16)21(30)12-32-22-25-26-27-29(22)15-4-7-17(31-3)8-5-15/h4-11H,12H2,1-3H3. The number of aromatic nitrogens is 5. The molecule has 0 unspecified atom stereocenters. The molecule has 7 nitrogen and oxygen atoms in total. The van der Waals surface area contributed by atoms with Crippen molar-refractivity contribution in [2.24, 2.45) is 0 Å². The maximum atomic E-state index is 13.0. The van der Waals surface area contributed by atoms with Crippen LogP contribution in [-0.4, -0.2) is 43.4 Å². The quantitative estimate of drug-likeness (QED) is 0.258. The number of carbonyl (C=O) groups excluding carboxylic acids is 1. The predicted molar refractivity (Wildman–Crippen MR) is 126 cm³/mol. The minimum Gasteiger partial charge on any atom is -0.497 e. The van der Waals surface area contributed by atoms with Crippen molar-refractivity contribution in [3.05, 3.63) is 75.5 Å². The summed E-state index contributed by atoms with van der Waals surface area (Å²) in [4.78, 5) is 13.0. The summed E-state index contributed by atoms with van der Waals surface area (Å²) in [7, 11) is 1.61. The first kappa shape index (κ1) is 22.4. The summed E-state index contributed by atoms with van der Waals surface area (Å²) in [5.74, 6) is 0.921. The van der Waals surface area contributed by atoms with Crippen LogP contribution in [0.2, 0.25) is 10.0 Å². The minimum atomic E-state index is -0.0151. The fraction of sp³-hybridized carbons (Fsp3) is 0.182. The number of hydrogen-bond acceptors (Lipinski definition) is 6. The molecule has 0 spiro atoms. The molecule has 32 heavy (non-hydrogen) atoms. The van der Waals surface area contributed by atoms with Crippen molar-refractivity contribution in [1.82, 2.24) is 24.8 Å². The van der Waals surface area contributed by atoms with Crippen LogP contribution in [-0.2, 0) is 0 Å². The van der Waals surface area contributed by atoms with Gasteiger partial charge in [-0.3, -0.25) is 4.79 Å². The van der Waals surface area contributed by atoms with Crippen LogP contribution in [0.4, 0.5) is 0 Å². The third-order valence-electron chi connectivity index (χ3n) is 4.98. The van der Waals surface area contributed by atoms with Crippen LogP contribution in [0.3, 0.4) is 0 Å². The molecule has 0 saturated heterocycles. The highest BCUT2D eigenvalue weighted by molar-refractivity contribution is 7.99. The highest BCUT2D eigenvalue weighted by atomic mass is 35.5. The average molecular weight is 488 g/mol. The van der Waals surface area contributed by atoms with E-state index in [1.807, 2.05) is 54.8 Å². The molecule has 0 saturated carbocycles. The normalized spacial score (nSPS) is 11.0. The molecule has 2 aromatic heterocycles. The molecule has 2 heterocycles. The number of methoxy groups -OCH3 is 1. The van der Waals surface area contributed by atoms with Gasteiger partial charge in [0, 0.05) is 22.6 Å². The highest BCUT2D eigenvalue weighted by Crippen LogP contribution is 2.29. The number of ketones is 1. The fourth-order valence-corrected chi connectivity index (χ4v) is 4.50. The fourth-order valence-electron chi connectivity index (χ4n) is 3.43. The molecule has 0 radical (unpaired) electrons. The molecule has 4 rings (SSSR count). The largest absolute Gasteiger partial charge is 0.497 e. The molecular formula is C22H19Cl2N5O2S. The average Bonchev–Trinajstić information content (AvgIpc) is 3.38. The third-order valence-corrected chi connectivity index (χ3v) is 6.64. The molecule has 2 aromatic carbocycles. The van der Waals surface area contributed by atoms with Gasteiger partial charge in [0.1, 0.15) is 5.75 Å². The van der Waals surface area contributed by atoms with Crippen LogP contribution in [0.25, 0.3) is 11.4 Å². The van der Waals surface area contributed by atoms with Crippen molar-refractivity contribution in [3.63, 3.8) is 0 Å². The summed E-state index contributed by atoms with van der Waals surface area (Å²) in [5, 5.41) is 13.3. The van der Waals surface area contributed by atoms with E-state index in [2.05, 4.69) is 15.5 Å². The van der Waals surface area contributed by atoms with Crippen molar-refractivity contribution in [2.75, 3.05) is 12.9 Å². The van der Waals surface area contributed by atoms with Gasteiger partial charge in [0.2, 0.25) is 5.16 Å². The zero-order valence-corrected chi connectivity index (χ0v) is 19.9. The van der Waals surface area contributed by atoms with E-state index in [1.165, 1.54) is 11.8 Å². The molecule has 0 N–H and O–H groups in total. The monoisotopic (exact) mass is 487 g/mol. The Morgan fingerprint density at radius 1 is 1.03 bits per heavy atom. The van der Waals surface area contributed by atoms with Gasteiger partial charge in [-0.2, -0.15) is 4.68 Å². The van der Waals surface area contributed by atoms with Crippen LogP contribution in [0.1, 0.15) is 21.7 Å². The van der Waals surface area contributed by atoms with Gasteiger partial charge in [-0.15, -0.1) is 5.10 Å². The number of tetrazole rings is 1. The Morgan fingerprint density at radius 3 is 2.44 bits per heavy atom. The third kappa shape index (κ3) is 4.39. The lowest BCUT2D eigenvalue weighted by molar-refractivity contribution is 0.102. The first-order valence-electron chi connectivity index (χ1n) is 9.62. The molecule has 4 aromatic rings. The summed E-state index contributed by atoms with van der Waals surface area (Å²) in [6.45, 7) is 3.86. The van der Waals surface area contributed by atoms with Gasteiger partial charge in [-0.25, -0.2) is 0 Å². The van der Waals surface area contributed by atoms with Gasteiger partial charge in [0.15, 0.2) is 5.78 Å². The first-order valence-corrected chi connectivity index (χ1v) is 11.4. The van der Waals surface area contributed by atoms with E-state index in [4.69, 9.17) is 27.9 Å². The van der Waals surface area contributed by atoms with Crippen LogP contribution < -0.4 is 4.74 Å². The van der Waals surface area contributed by atoms with E-state index in [0.717, 1.165) is 28.5 Å². The molecule has 164 valence electrons. The van der Waals surface area contributed by atoms with E-state index in [-0.39, 0.29) is 11.5 Å². The maximum absolute atomic E-state index is 13.0. The second-order valence-electron chi connectivity index (χ2n) is 7.00. The van der Waals surface area contributed by atoms with Crippen molar-refractivity contribution in [1.29, 1.82) is 0 Å². The number of Topliss-reactive ketones (excluding diaryl/α,β-unsaturated/α-hetero) is 1. The van der Waals surface area contributed by atoms with Crippen LogP contribution >= 0.6 is 35.0 Å². The lowest BCUT2D eigenvalue weighted by Crippen LogP contribution is -2.07. The number of halogens is 2. The Bertz CT molecular complexity index is 1280. The summed E-state index contributed by atoms with van der Waals surface area (Å²) in [6, 6.07) is 14.7. The minimum absolute atomic E-state index is 0.0151. The Kier molecular flexibility index (Phi) is 6.55. The molecule has 0 bridgehead atoms. The zero-order chi connectivity index (χ0) is 22.8. The molecule has 0 fully saturated rings. The van der Waals surface area contributed by atoms with Gasteiger partial charge in [-0.1, -0.05) is 35.0 Å². The number of benzene rings is 2. The van der Waals surface area contributed by atoms with E-state index in [9.17, 15) is 4.79 Å². The molecule has 10 heteroatoms. The number of hydrogen-bond donors (Lipinski definition) is 0. The van der Waals surface area contributed by atoms with E-state index in [0.29, 0.717) is 20.8 Å². The van der Waals surface area contributed by atoms with Gasteiger partial charge in [-0.05, 0) is 72.8 Å². The predicted octanol–water partition coefficient (Wildman–Crippen LogP) is 5.36. The number of aryl methyl sites for hydroxylation is 1. The molecule has 0 aliphatic rings. The summed E-state index contributed by atoms with van der Waals surface area (Å²) >= 11 is 13.5. The van der Waals surface area contributed by atoms with Crippen LogP contribution in [0.15, 0.2) is 53.7 Å². The maximum Gasteiger partial charge on any atom is 0.214 e. The number of carbonyl (C=O) groups is 1. The lowest BCUT2D eigenvalue weighted by Gasteiger charge is -2.11.